The number of hydrogen-bond donors (Lipinski definition) is 1. The first-order valence-corrected chi connectivity index (χ1v) is 16.4. The summed E-state index contributed by atoms with van der Waals surface area (Å²) in [5.41, 5.74) is 0.512. The van der Waals surface area contributed by atoms with Crippen molar-refractivity contribution in [3.8, 4) is 0 Å². The molecule has 0 heterocycles. The van der Waals surface area contributed by atoms with Gasteiger partial charge in [0, 0.05) is 5.57 Å². The van der Waals surface area contributed by atoms with Crippen LogP contribution in [0.4, 0.5) is 0 Å². The zero-order valence-corrected chi connectivity index (χ0v) is 18.2. The van der Waals surface area contributed by atoms with Crippen molar-refractivity contribution in [1.82, 2.24) is 4.98 Å². The first kappa shape index (κ1) is 20.8. The van der Waals surface area contributed by atoms with Crippen molar-refractivity contribution in [3.63, 3.8) is 0 Å². The van der Waals surface area contributed by atoms with Gasteiger partial charge in [0.15, 0.2) is 8.32 Å². The van der Waals surface area contributed by atoms with E-state index in [9.17, 15) is 4.79 Å². The van der Waals surface area contributed by atoms with Crippen LogP contribution >= 0.6 is 0 Å². The number of carbonyl (C=O) groups is 1. The van der Waals surface area contributed by atoms with Crippen LogP contribution in [0.25, 0.3) is 0 Å². The molecule has 0 aromatic heterocycles. The van der Waals surface area contributed by atoms with E-state index in [-0.39, 0.29) is 5.91 Å². The Morgan fingerprint density at radius 2 is 1.57 bits per heavy atom. The fraction of sp³-hybridized carbons (Fsp3) is 0.786. The van der Waals surface area contributed by atoms with Gasteiger partial charge >= 0.3 is 8.56 Å². The zero-order valence-electron chi connectivity index (χ0n) is 15.2. The number of hydrogen-bond acceptors (Lipinski definition) is 3. The fourth-order valence-corrected chi connectivity index (χ4v) is 15.6. The maximum Gasteiger partial charge on any atom is 0.315 e. The number of amides is 1. The van der Waals surface area contributed by atoms with Crippen LogP contribution in [0.3, 0.4) is 0 Å². The Morgan fingerprint density at radius 3 is 1.90 bits per heavy atom. The van der Waals surface area contributed by atoms with Crippen molar-refractivity contribution in [2.24, 2.45) is 5.92 Å². The second-order valence-electron chi connectivity index (χ2n) is 7.79. The summed E-state index contributed by atoms with van der Waals surface area (Å²) < 4.78 is 12.9. The molecule has 7 heteroatoms. The summed E-state index contributed by atoms with van der Waals surface area (Å²) in [5, 5.41) is 0. The molecule has 1 atom stereocenters. The molecular formula is C14H33NO3Si3. The molecule has 0 fully saturated rings. The number of nitrogens with one attached hydrogen (secondary N) is 1. The van der Waals surface area contributed by atoms with E-state index in [2.05, 4.69) is 51.6 Å². The zero-order chi connectivity index (χ0) is 17.1. The van der Waals surface area contributed by atoms with Gasteiger partial charge in [0.1, 0.15) is 0 Å². The summed E-state index contributed by atoms with van der Waals surface area (Å²) >= 11 is 0. The summed E-state index contributed by atoms with van der Waals surface area (Å²) in [5.74, 6) is 0.389. The topological polar surface area (TPSA) is 47.6 Å². The predicted molar refractivity (Wildman–Crippen MR) is 97.2 cm³/mol. The first-order chi connectivity index (χ1) is 9.16. The van der Waals surface area contributed by atoms with E-state index in [0.717, 1.165) is 6.04 Å². The highest BCUT2D eigenvalue weighted by atomic mass is 28.5. The van der Waals surface area contributed by atoms with E-state index in [4.69, 9.17) is 8.23 Å². The van der Waals surface area contributed by atoms with Gasteiger partial charge in [-0.15, -0.1) is 0 Å². The van der Waals surface area contributed by atoms with Gasteiger partial charge in [-0.25, -0.2) is 0 Å². The molecule has 1 N–H and O–H groups in total. The molecule has 0 spiro atoms. The molecule has 4 nitrogen and oxygen atoms in total. The lowest BCUT2D eigenvalue weighted by atomic mass is 10.3. The molecular weight excluding hydrogens is 314 g/mol. The van der Waals surface area contributed by atoms with Gasteiger partial charge in [-0.3, -0.25) is 4.79 Å². The fourth-order valence-electron chi connectivity index (χ4n) is 2.44. The summed E-state index contributed by atoms with van der Waals surface area (Å²) in [7, 11) is -6.33. The van der Waals surface area contributed by atoms with Crippen molar-refractivity contribution in [3.05, 3.63) is 12.2 Å². The van der Waals surface area contributed by atoms with Crippen LogP contribution in [0.2, 0.25) is 45.3 Å². The molecule has 124 valence electrons. The molecule has 21 heavy (non-hydrogen) atoms. The van der Waals surface area contributed by atoms with Gasteiger partial charge in [-0.2, -0.15) is 0 Å². The van der Waals surface area contributed by atoms with Crippen LogP contribution in [-0.2, 0) is 13.0 Å². The van der Waals surface area contributed by atoms with Crippen LogP contribution in [0.15, 0.2) is 12.2 Å². The van der Waals surface area contributed by atoms with Gasteiger partial charge in [-0.1, -0.05) is 20.4 Å². The van der Waals surface area contributed by atoms with Crippen LogP contribution in [0.5, 0.6) is 0 Å². The third-order valence-electron chi connectivity index (χ3n) is 2.57. The molecule has 1 amide bonds. The third-order valence-corrected chi connectivity index (χ3v) is 12.9. The molecule has 0 aliphatic rings. The average Bonchev–Trinajstić information content (AvgIpc) is 2.08. The molecule has 0 aromatic carbocycles. The Hall–Kier alpha value is -0.219. The second-order valence-corrected chi connectivity index (χ2v) is 19.6. The largest absolute Gasteiger partial charge is 0.437 e. The average molecular weight is 348 g/mol. The molecule has 0 bridgehead atoms. The first-order valence-electron chi connectivity index (χ1n) is 7.54. The Labute approximate surface area is 133 Å². The van der Waals surface area contributed by atoms with Crippen LogP contribution in [0, 0.1) is 5.92 Å². The van der Waals surface area contributed by atoms with Gasteiger partial charge in [-0.05, 0) is 58.2 Å². The summed E-state index contributed by atoms with van der Waals surface area (Å²) in [6, 6.07) is 0.941. The van der Waals surface area contributed by atoms with E-state index < -0.39 is 25.4 Å². The number of carbonyl (C=O) groups excluding carboxylic acids is 1. The standard InChI is InChI=1S/C14H33NO3Si3/c1-12(2)11-21(10,17-19(5,6)7)18-20(8,9)15-14(16)13(3)4/h12H,3,11H2,1-2,4-10H3,(H,15,16). The molecule has 0 radical (unpaired) electrons. The van der Waals surface area contributed by atoms with E-state index >= 15 is 0 Å². The van der Waals surface area contributed by atoms with Gasteiger partial charge < -0.3 is 13.2 Å². The van der Waals surface area contributed by atoms with Crippen molar-refractivity contribution in [2.75, 3.05) is 0 Å². The lowest BCUT2D eigenvalue weighted by Crippen LogP contribution is -2.60. The molecule has 1 unspecified atom stereocenters. The highest BCUT2D eigenvalue weighted by molar-refractivity contribution is 6.88. The predicted octanol–water partition coefficient (Wildman–Crippen LogP) is 3.98. The second kappa shape index (κ2) is 7.36. The van der Waals surface area contributed by atoms with Gasteiger partial charge in [0.2, 0.25) is 5.91 Å². The minimum atomic E-state index is -2.33. The lowest BCUT2D eigenvalue weighted by Gasteiger charge is -2.40. The molecule has 0 rings (SSSR count). The van der Waals surface area contributed by atoms with Crippen molar-refractivity contribution >= 4 is 31.3 Å². The van der Waals surface area contributed by atoms with Crippen LogP contribution in [-0.4, -0.2) is 31.3 Å². The molecule has 0 aromatic rings. The van der Waals surface area contributed by atoms with Gasteiger partial charge in [0.25, 0.3) is 8.48 Å². The van der Waals surface area contributed by atoms with Gasteiger partial charge in [0.05, 0.1) is 0 Å². The molecule has 0 saturated carbocycles. The monoisotopic (exact) mass is 347 g/mol. The van der Waals surface area contributed by atoms with Crippen molar-refractivity contribution in [2.45, 2.75) is 66.1 Å². The minimum absolute atomic E-state index is 0.124. The third kappa shape index (κ3) is 9.41. The summed E-state index contributed by atoms with van der Waals surface area (Å²) in [4.78, 5) is 14.9. The van der Waals surface area contributed by atoms with E-state index in [1.165, 1.54) is 0 Å². The summed E-state index contributed by atoms with van der Waals surface area (Å²) in [6.07, 6.45) is 0. The normalized spacial score (nSPS) is 15.7. The Bertz CT molecular complexity index is 391. The Morgan fingerprint density at radius 1 is 1.10 bits per heavy atom. The minimum Gasteiger partial charge on any atom is -0.437 e. The maximum atomic E-state index is 11.9. The highest BCUT2D eigenvalue weighted by Gasteiger charge is 2.43. The number of rotatable bonds is 8. The molecule has 0 aliphatic carbocycles. The summed E-state index contributed by atoms with van der Waals surface area (Å²) in [6.45, 7) is 22.5. The Balaban J connectivity index is 5.10. The molecule has 0 aliphatic heterocycles. The SMILES string of the molecule is C=C(C)C(=O)N[Si](C)(C)O[Si](C)(CC(C)C)O[Si](C)(C)C. The van der Waals surface area contributed by atoms with Crippen LogP contribution < -0.4 is 4.98 Å². The quantitative estimate of drug-likeness (QED) is 0.534. The maximum absolute atomic E-state index is 11.9. The Kier molecular flexibility index (Phi) is 7.29. The lowest BCUT2D eigenvalue weighted by molar-refractivity contribution is -0.116. The molecule has 0 saturated heterocycles. The van der Waals surface area contributed by atoms with Crippen molar-refractivity contribution < 1.29 is 13.0 Å². The van der Waals surface area contributed by atoms with E-state index in [0.29, 0.717) is 11.5 Å². The highest BCUT2D eigenvalue weighted by Crippen LogP contribution is 2.26. The van der Waals surface area contributed by atoms with E-state index in [1.54, 1.807) is 6.92 Å². The van der Waals surface area contributed by atoms with Crippen LogP contribution in [0.1, 0.15) is 20.8 Å². The smallest absolute Gasteiger partial charge is 0.315 e. The van der Waals surface area contributed by atoms with E-state index in [1.807, 2.05) is 13.1 Å². The van der Waals surface area contributed by atoms with Crippen molar-refractivity contribution in [1.29, 1.82) is 0 Å².